The van der Waals surface area contributed by atoms with Gasteiger partial charge in [-0.15, -0.1) is 10.2 Å². The molecule has 0 bridgehead atoms. The van der Waals surface area contributed by atoms with E-state index in [0.29, 0.717) is 16.8 Å². The van der Waals surface area contributed by atoms with Gasteiger partial charge in [-0.05, 0) is 42.3 Å². The van der Waals surface area contributed by atoms with E-state index in [0.717, 1.165) is 17.7 Å². The molecule has 0 aliphatic heterocycles. The highest BCUT2D eigenvalue weighted by atomic mass is 35.5. The summed E-state index contributed by atoms with van der Waals surface area (Å²) in [5, 5.41) is 8.63. The van der Waals surface area contributed by atoms with Gasteiger partial charge in [-0.1, -0.05) is 36.7 Å². The zero-order chi connectivity index (χ0) is 15.4. The van der Waals surface area contributed by atoms with Crippen molar-refractivity contribution in [2.24, 2.45) is 0 Å². The third-order valence-corrected chi connectivity index (χ3v) is 3.47. The number of aromatic nitrogens is 2. The van der Waals surface area contributed by atoms with Gasteiger partial charge in [0.05, 0.1) is 0 Å². The Morgan fingerprint density at radius 1 is 1.09 bits per heavy atom. The number of ether oxygens (including phenoxy) is 1. The van der Waals surface area contributed by atoms with Gasteiger partial charge in [0, 0.05) is 10.6 Å². The summed E-state index contributed by atoms with van der Waals surface area (Å²) in [6, 6.07) is 15.2. The molecule has 0 saturated carbocycles. The summed E-state index contributed by atoms with van der Waals surface area (Å²) in [7, 11) is 0. The van der Waals surface area contributed by atoms with Crippen LogP contribution < -0.4 is 4.74 Å². The molecule has 22 heavy (non-hydrogen) atoms. The monoisotopic (exact) mass is 314 g/mol. The van der Waals surface area contributed by atoms with Crippen LogP contribution in [0.1, 0.15) is 18.4 Å². The maximum atomic E-state index is 5.95. The molecule has 0 saturated heterocycles. The van der Waals surface area contributed by atoms with Crippen LogP contribution in [-0.2, 0) is 13.0 Å². The van der Waals surface area contributed by atoms with Crippen LogP contribution in [0.5, 0.6) is 5.75 Å². The van der Waals surface area contributed by atoms with Crippen molar-refractivity contribution in [3.63, 3.8) is 0 Å². The van der Waals surface area contributed by atoms with Crippen LogP contribution in [0.3, 0.4) is 0 Å². The standard InChI is InChI=1S/C17H15ClN2O2/c1-2-12-6-8-15(9-7-12)21-11-16-19-20-17(22-16)13-4-3-5-14(18)10-13/h3-10H,2,11H2,1H3. The number of halogens is 1. The molecule has 0 aliphatic rings. The number of rotatable bonds is 5. The van der Waals surface area contributed by atoms with Crippen LogP contribution in [0.4, 0.5) is 0 Å². The third kappa shape index (κ3) is 3.46. The van der Waals surface area contributed by atoms with Gasteiger partial charge in [0.1, 0.15) is 5.75 Å². The molecule has 5 heteroatoms. The molecule has 3 aromatic rings. The summed E-state index contributed by atoms with van der Waals surface area (Å²) in [6.45, 7) is 2.35. The molecule has 3 rings (SSSR count). The number of hydrogen-bond acceptors (Lipinski definition) is 4. The Labute approximate surface area is 133 Å². The Hall–Kier alpha value is -2.33. The second-order valence-corrected chi connectivity index (χ2v) is 5.23. The van der Waals surface area contributed by atoms with E-state index in [-0.39, 0.29) is 6.61 Å². The Bertz CT molecular complexity index is 753. The van der Waals surface area contributed by atoms with Crippen LogP contribution in [0.25, 0.3) is 11.5 Å². The molecular formula is C17H15ClN2O2. The van der Waals surface area contributed by atoms with E-state index >= 15 is 0 Å². The molecule has 1 aromatic heterocycles. The lowest BCUT2D eigenvalue weighted by molar-refractivity contribution is 0.264. The Morgan fingerprint density at radius 3 is 2.64 bits per heavy atom. The second-order valence-electron chi connectivity index (χ2n) is 4.80. The van der Waals surface area contributed by atoms with Gasteiger partial charge in [0.25, 0.3) is 5.89 Å². The highest BCUT2D eigenvalue weighted by molar-refractivity contribution is 6.30. The highest BCUT2D eigenvalue weighted by Gasteiger charge is 2.09. The zero-order valence-electron chi connectivity index (χ0n) is 12.1. The molecule has 0 atom stereocenters. The van der Waals surface area contributed by atoms with Gasteiger partial charge < -0.3 is 9.15 Å². The molecule has 112 valence electrons. The molecule has 0 aliphatic carbocycles. The van der Waals surface area contributed by atoms with E-state index in [1.54, 1.807) is 12.1 Å². The lowest BCUT2D eigenvalue weighted by Gasteiger charge is -2.03. The first kappa shape index (κ1) is 14.6. The summed E-state index contributed by atoms with van der Waals surface area (Å²) < 4.78 is 11.2. The maximum absolute atomic E-state index is 5.95. The van der Waals surface area contributed by atoms with Gasteiger partial charge >= 0.3 is 0 Å². The molecule has 0 amide bonds. The normalized spacial score (nSPS) is 10.6. The first-order valence-electron chi connectivity index (χ1n) is 7.04. The Kier molecular flexibility index (Phi) is 4.39. The fourth-order valence-electron chi connectivity index (χ4n) is 2.02. The Morgan fingerprint density at radius 2 is 1.91 bits per heavy atom. The summed E-state index contributed by atoms with van der Waals surface area (Å²) in [4.78, 5) is 0. The number of aryl methyl sites for hydroxylation is 1. The van der Waals surface area contributed by atoms with E-state index in [1.165, 1.54) is 5.56 Å². The van der Waals surface area contributed by atoms with Crippen molar-refractivity contribution in [2.45, 2.75) is 20.0 Å². The van der Waals surface area contributed by atoms with Crippen LogP contribution >= 0.6 is 11.6 Å². The molecule has 0 N–H and O–H groups in total. The average molecular weight is 315 g/mol. The van der Waals surface area contributed by atoms with Gasteiger partial charge in [0.2, 0.25) is 5.89 Å². The topological polar surface area (TPSA) is 48.2 Å². The lowest BCUT2D eigenvalue weighted by atomic mass is 10.2. The van der Waals surface area contributed by atoms with E-state index in [9.17, 15) is 0 Å². The third-order valence-electron chi connectivity index (χ3n) is 3.23. The van der Waals surface area contributed by atoms with E-state index < -0.39 is 0 Å². The predicted molar refractivity (Wildman–Crippen MR) is 84.9 cm³/mol. The molecule has 0 radical (unpaired) electrons. The SMILES string of the molecule is CCc1ccc(OCc2nnc(-c3cccc(Cl)c3)o2)cc1. The fraction of sp³-hybridized carbons (Fsp3) is 0.176. The first-order chi connectivity index (χ1) is 10.7. The van der Waals surface area contributed by atoms with Crippen LogP contribution in [-0.4, -0.2) is 10.2 Å². The molecule has 0 fully saturated rings. The summed E-state index contributed by atoms with van der Waals surface area (Å²) in [6.07, 6.45) is 1.01. The first-order valence-corrected chi connectivity index (χ1v) is 7.42. The average Bonchev–Trinajstić information content (AvgIpc) is 3.02. The number of nitrogens with zero attached hydrogens (tertiary/aromatic N) is 2. The van der Waals surface area contributed by atoms with E-state index in [4.69, 9.17) is 20.8 Å². The van der Waals surface area contributed by atoms with Crippen molar-refractivity contribution < 1.29 is 9.15 Å². The fourth-order valence-corrected chi connectivity index (χ4v) is 2.21. The van der Waals surface area contributed by atoms with Crippen molar-refractivity contribution in [3.8, 4) is 17.2 Å². The zero-order valence-corrected chi connectivity index (χ0v) is 12.9. The van der Waals surface area contributed by atoms with Crippen molar-refractivity contribution in [2.75, 3.05) is 0 Å². The molecule has 0 spiro atoms. The quantitative estimate of drug-likeness (QED) is 0.694. The summed E-state index contributed by atoms with van der Waals surface area (Å²) >= 11 is 5.95. The van der Waals surface area contributed by atoms with E-state index in [1.807, 2.05) is 36.4 Å². The van der Waals surface area contributed by atoms with Gasteiger partial charge in [-0.3, -0.25) is 0 Å². The highest BCUT2D eigenvalue weighted by Crippen LogP contribution is 2.22. The van der Waals surface area contributed by atoms with E-state index in [2.05, 4.69) is 17.1 Å². The van der Waals surface area contributed by atoms with Crippen LogP contribution in [0, 0.1) is 0 Å². The maximum Gasteiger partial charge on any atom is 0.254 e. The van der Waals surface area contributed by atoms with Crippen molar-refractivity contribution in [1.82, 2.24) is 10.2 Å². The van der Waals surface area contributed by atoms with Crippen molar-refractivity contribution >= 4 is 11.6 Å². The minimum Gasteiger partial charge on any atom is -0.484 e. The number of hydrogen-bond donors (Lipinski definition) is 0. The molecule has 1 heterocycles. The van der Waals surface area contributed by atoms with Gasteiger partial charge in [-0.2, -0.15) is 0 Å². The Balaban J connectivity index is 1.66. The van der Waals surface area contributed by atoms with Crippen LogP contribution in [0.15, 0.2) is 52.9 Å². The molecule has 0 unspecified atom stereocenters. The summed E-state index contributed by atoms with van der Waals surface area (Å²) in [5.74, 6) is 1.64. The molecule has 4 nitrogen and oxygen atoms in total. The largest absolute Gasteiger partial charge is 0.484 e. The minimum absolute atomic E-state index is 0.235. The van der Waals surface area contributed by atoms with Crippen molar-refractivity contribution in [1.29, 1.82) is 0 Å². The smallest absolute Gasteiger partial charge is 0.254 e. The predicted octanol–water partition coefficient (Wildman–Crippen LogP) is 4.53. The second kappa shape index (κ2) is 6.62. The molecule has 2 aromatic carbocycles. The minimum atomic E-state index is 0.235. The van der Waals surface area contributed by atoms with Gasteiger partial charge in [-0.25, -0.2) is 0 Å². The van der Waals surface area contributed by atoms with Crippen LogP contribution in [0.2, 0.25) is 5.02 Å². The molecular weight excluding hydrogens is 300 g/mol. The summed E-state index contributed by atoms with van der Waals surface area (Å²) in [5.41, 5.74) is 2.06. The number of benzene rings is 2. The van der Waals surface area contributed by atoms with Crippen molar-refractivity contribution in [3.05, 3.63) is 65.0 Å². The van der Waals surface area contributed by atoms with Gasteiger partial charge in [0.15, 0.2) is 6.61 Å². The lowest BCUT2D eigenvalue weighted by Crippen LogP contribution is -1.95.